The summed E-state index contributed by atoms with van der Waals surface area (Å²) in [6, 6.07) is 0. The second kappa shape index (κ2) is 7.24. The van der Waals surface area contributed by atoms with E-state index in [4.69, 9.17) is 5.11 Å². The van der Waals surface area contributed by atoms with E-state index in [1.807, 2.05) is 0 Å². The highest BCUT2D eigenvalue weighted by Crippen LogP contribution is 2.20. The van der Waals surface area contributed by atoms with Gasteiger partial charge in [0, 0.05) is 13.2 Å². The second-order valence-electron chi connectivity index (χ2n) is 4.53. The standard InChI is InChI=1S/C12H25NO/c1-2-6-12-7-9-13(11-12)8-4-3-5-10-14/h12,14H,2-11H2,1H3. The van der Waals surface area contributed by atoms with Crippen LogP contribution in [0, 0.1) is 5.92 Å². The molecule has 1 saturated heterocycles. The summed E-state index contributed by atoms with van der Waals surface area (Å²) in [5.41, 5.74) is 0. The second-order valence-corrected chi connectivity index (χ2v) is 4.53. The average molecular weight is 199 g/mol. The summed E-state index contributed by atoms with van der Waals surface area (Å²) < 4.78 is 0. The highest BCUT2D eigenvalue weighted by Gasteiger charge is 2.20. The van der Waals surface area contributed by atoms with Crippen LogP contribution in [0.1, 0.15) is 45.4 Å². The number of aliphatic hydroxyl groups is 1. The minimum atomic E-state index is 0.360. The van der Waals surface area contributed by atoms with Crippen LogP contribution in [0.4, 0.5) is 0 Å². The molecule has 1 heterocycles. The van der Waals surface area contributed by atoms with Crippen LogP contribution < -0.4 is 0 Å². The van der Waals surface area contributed by atoms with E-state index >= 15 is 0 Å². The molecule has 1 rings (SSSR count). The molecule has 0 aromatic heterocycles. The van der Waals surface area contributed by atoms with Gasteiger partial charge in [0.25, 0.3) is 0 Å². The van der Waals surface area contributed by atoms with Crippen molar-refractivity contribution in [2.24, 2.45) is 5.92 Å². The smallest absolute Gasteiger partial charge is 0.0431 e. The Kier molecular flexibility index (Phi) is 6.20. The Morgan fingerprint density at radius 1 is 1.29 bits per heavy atom. The average Bonchev–Trinajstić information content (AvgIpc) is 2.61. The molecule has 1 N–H and O–H groups in total. The van der Waals surface area contributed by atoms with Crippen LogP contribution in [0.3, 0.4) is 0 Å². The fourth-order valence-corrected chi connectivity index (χ4v) is 2.38. The van der Waals surface area contributed by atoms with E-state index in [-0.39, 0.29) is 0 Å². The summed E-state index contributed by atoms with van der Waals surface area (Å²) in [5, 5.41) is 8.66. The van der Waals surface area contributed by atoms with Crippen LogP contribution in [0.15, 0.2) is 0 Å². The maximum absolute atomic E-state index is 8.66. The topological polar surface area (TPSA) is 23.5 Å². The molecule has 0 spiro atoms. The number of nitrogens with zero attached hydrogens (tertiary/aromatic N) is 1. The van der Waals surface area contributed by atoms with Crippen LogP contribution in [0.2, 0.25) is 0 Å². The molecule has 84 valence electrons. The molecule has 1 atom stereocenters. The third kappa shape index (κ3) is 4.43. The van der Waals surface area contributed by atoms with Gasteiger partial charge in [0.2, 0.25) is 0 Å². The fraction of sp³-hybridized carbons (Fsp3) is 1.00. The summed E-state index contributed by atoms with van der Waals surface area (Å²) in [5.74, 6) is 0.970. The van der Waals surface area contributed by atoms with Gasteiger partial charge in [0.1, 0.15) is 0 Å². The van der Waals surface area contributed by atoms with E-state index in [1.54, 1.807) is 0 Å². The highest BCUT2D eigenvalue weighted by atomic mass is 16.2. The molecular weight excluding hydrogens is 174 g/mol. The third-order valence-corrected chi connectivity index (χ3v) is 3.20. The minimum Gasteiger partial charge on any atom is -0.396 e. The molecule has 0 aliphatic carbocycles. The van der Waals surface area contributed by atoms with Crippen molar-refractivity contribution in [1.82, 2.24) is 4.90 Å². The quantitative estimate of drug-likeness (QED) is 0.636. The number of unbranched alkanes of at least 4 members (excludes halogenated alkanes) is 2. The lowest BCUT2D eigenvalue weighted by Gasteiger charge is -2.15. The summed E-state index contributed by atoms with van der Waals surface area (Å²) in [6.45, 7) is 6.53. The minimum absolute atomic E-state index is 0.360. The number of likely N-dealkylation sites (tertiary alicyclic amines) is 1. The lowest BCUT2D eigenvalue weighted by molar-refractivity contribution is 0.270. The fourth-order valence-electron chi connectivity index (χ4n) is 2.38. The van der Waals surface area contributed by atoms with Crippen molar-refractivity contribution in [2.45, 2.75) is 45.4 Å². The monoisotopic (exact) mass is 199 g/mol. The van der Waals surface area contributed by atoms with Crippen LogP contribution in [0.25, 0.3) is 0 Å². The van der Waals surface area contributed by atoms with Gasteiger partial charge in [-0.25, -0.2) is 0 Å². The molecule has 14 heavy (non-hydrogen) atoms. The van der Waals surface area contributed by atoms with E-state index < -0.39 is 0 Å². The van der Waals surface area contributed by atoms with Gasteiger partial charge in [-0.2, -0.15) is 0 Å². The first kappa shape index (κ1) is 12.0. The number of hydrogen-bond donors (Lipinski definition) is 1. The zero-order valence-corrected chi connectivity index (χ0v) is 9.54. The molecule has 1 unspecified atom stereocenters. The Hall–Kier alpha value is -0.0800. The van der Waals surface area contributed by atoms with Crippen LogP contribution >= 0.6 is 0 Å². The van der Waals surface area contributed by atoms with Crippen molar-refractivity contribution >= 4 is 0 Å². The Morgan fingerprint density at radius 3 is 2.86 bits per heavy atom. The Labute approximate surface area is 88.3 Å². The van der Waals surface area contributed by atoms with Crippen molar-refractivity contribution in [3.8, 4) is 0 Å². The lowest BCUT2D eigenvalue weighted by Crippen LogP contribution is -2.21. The van der Waals surface area contributed by atoms with Gasteiger partial charge in [0.05, 0.1) is 0 Å². The molecule has 2 heteroatoms. The molecule has 0 aromatic carbocycles. The molecule has 0 amide bonds. The summed E-state index contributed by atoms with van der Waals surface area (Å²) in [4.78, 5) is 2.59. The molecule has 0 radical (unpaired) electrons. The van der Waals surface area contributed by atoms with Crippen molar-refractivity contribution in [2.75, 3.05) is 26.2 Å². The Balaban J connectivity index is 1.98. The maximum atomic E-state index is 8.66. The van der Waals surface area contributed by atoms with Gasteiger partial charge < -0.3 is 10.0 Å². The molecule has 2 nitrogen and oxygen atoms in total. The molecule has 1 aliphatic heterocycles. The van der Waals surface area contributed by atoms with E-state index in [0.29, 0.717) is 6.61 Å². The molecule has 1 aliphatic rings. The van der Waals surface area contributed by atoms with Crippen LogP contribution in [-0.2, 0) is 0 Å². The van der Waals surface area contributed by atoms with E-state index in [1.165, 1.54) is 51.7 Å². The van der Waals surface area contributed by atoms with Gasteiger partial charge >= 0.3 is 0 Å². The SMILES string of the molecule is CCCC1CCN(CCCCCO)C1. The van der Waals surface area contributed by atoms with Gasteiger partial charge in [-0.05, 0) is 51.1 Å². The zero-order chi connectivity index (χ0) is 10.2. The number of aliphatic hydroxyl groups excluding tert-OH is 1. The van der Waals surface area contributed by atoms with Crippen LogP contribution in [0.5, 0.6) is 0 Å². The van der Waals surface area contributed by atoms with E-state index in [9.17, 15) is 0 Å². The Morgan fingerprint density at radius 2 is 2.14 bits per heavy atom. The van der Waals surface area contributed by atoms with Crippen molar-refractivity contribution in [1.29, 1.82) is 0 Å². The maximum Gasteiger partial charge on any atom is 0.0431 e. The zero-order valence-electron chi connectivity index (χ0n) is 9.54. The van der Waals surface area contributed by atoms with Gasteiger partial charge in [-0.1, -0.05) is 13.3 Å². The summed E-state index contributed by atoms with van der Waals surface area (Å²) >= 11 is 0. The molecule has 0 saturated carbocycles. The number of rotatable bonds is 7. The molecule has 0 bridgehead atoms. The lowest BCUT2D eigenvalue weighted by atomic mass is 10.0. The first-order chi connectivity index (χ1) is 6.86. The van der Waals surface area contributed by atoms with Crippen molar-refractivity contribution in [3.63, 3.8) is 0 Å². The van der Waals surface area contributed by atoms with Crippen LogP contribution in [-0.4, -0.2) is 36.2 Å². The molecule has 1 fully saturated rings. The molecular formula is C12H25NO. The normalized spacial score (nSPS) is 23.1. The summed E-state index contributed by atoms with van der Waals surface area (Å²) in [7, 11) is 0. The van der Waals surface area contributed by atoms with E-state index in [2.05, 4.69) is 11.8 Å². The van der Waals surface area contributed by atoms with Gasteiger partial charge in [0.15, 0.2) is 0 Å². The first-order valence-corrected chi connectivity index (χ1v) is 6.20. The predicted octanol–water partition coefficient (Wildman–Crippen LogP) is 2.27. The third-order valence-electron chi connectivity index (χ3n) is 3.20. The summed E-state index contributed by atoms with van der Waals surface area (Å²) in [6.07, 6.45) is 7.58. The van der Waals surface area contributed by atoms with Crippen molar-refractivity contribution < 1.29 is 5.11 Å². The molecule has 0 aromatic rings. The highest BCUT2D eigenvalue weighted by molar-refractivity contribution is 4.74. The Bertz CT molecular complexity index is 138. The van der Waals surface area contributed by atoms with E-state index in [0.717, 1.165) is 12.3 Å². The first-order valence-electron chi connectivity index (χ1n) is 6.20. The van der Waals surface area contributed by atoms with Gasteiger partial charge in [-0.3, -0.25) is 0 Å². The predicted molar refractivity (Wildman–Crippen MR) is 60.4 cm³/mol. The number of hydrogen-bond acceptors (Lipinski definition) is 2. The largest absolute Gasteiger partial charge is 0.396 e. The van der Waals surface area contributed by atoms with Gasteiger partial charge in [-0.15, -0.1) is 0 Å². The van der Waals surface area contributed by atoms with Crippen molar-refractivity contribution in [3.05, 3.63) is 0 Å².